The van der Waals surface area contributed by atoms with Crippen molar-refractivity contribution in [3.63, 3.8) is 0 Å². The van der Waals surface area contributed by atoms with Crippen molar-refractivity contribution in [2.75, 3.05) is 5.32 Å². The Bertz CT molecular complexity index is 663. The first kappa shape index (κ1) is 15.8. The summed E-state index contributed by atoms with van der Waals surface area (Å²) < 4.78 is 0. The molecule has 4 heteroatoms. The van der Waals surface area contributed by atoms with E-state index in [0.717, 1.165) is 12.0 Å². The third-order valence-corrected chi connectivity index (χ3v) is 3.33. The van der Waals surface area contributed by atoms with Gasteiger partial charge in [0.2, 0.25) is 5.91 Å². The molecule has 0 heterocycles. The van der Waals surface area contributed by atoms with Gasteiger partial charge in [0.1, 0.15) is 0 Å². The lowest BCUT2D eigenvalue weighted by Gasteiger charge is -2.08. The molecule has 0 unspecified atom stereocenters. The van der Waals surface area contributed by atoms with Gasteiger partial charge in [-0.2, -0.15) is 0 Å². The van der Waals surface area contributed by atoms with Gasteiger partial charge in [0, 0.05) is 24.7 Å². The van der Waals surface area contributed by atoms with Gasteiger partial charge in [-0.1, -0.05) is 37.3 Å². The number of rotatable bonds is 5. The second-order valence-corrected chi connectivity index (χ2v) is 5.11. The maximum Gasteiger partial charge on any atom is 0.251 e. The van der Waals surface area contributed by atoms with Crippen LogP contribution in [0.3, 0.4) is 0 Å². The monoisotopic (exact) mass is 296 g/mol. The zero-order valence-electron chi connectivity index (χ0n) is 12.8. The summed E-state index contributed by atoms with van der Waals surface area (Å²) in [5.74, 6) is -0.319. The summed E-state index contributed by atoms with van der Waals surface area (Å²) in [5.41, 5.74) is 3.48. The fourth-order valence-corrected chi connectivity index (χ4v) is 2.12. The molecule has 0 saturated carbocycles. The number of carbonyl (C=O) groups excluding carboxylic acids is 2. The van der Waals surface area contributed by atoms with Crippen molar-refractivity contribution >= 4 is 17.5 Å². The molecule has 0 bridgehead atoms. The van der Waals surface area contributed by atoms with E-state index in [2.05, 4.69) is 29.7 Å². The zero-order valence-corrected chi connectivity index (χ0v) is 12.8. The summed E-state index contributed by atoms with van der Waals surface area (Å²) in [6, 6.07) is 15.1. The number of amides is 2. The lowest BCUT2D eigenvalue weighted by molar-refractivity contribution is -0.114. The van der Waals surface area contributed by atoms with Crippen LogP contribution in [0.1, 0.15) is 35.3 Å². The Kier molecular flexibility index (Phi) is 5.31. The molecule has 0 aliphatic carbocycles. The molecule has 0 atom stereocenters. The minimum atomic E-state index is -0.160. The molecular formula is C18H20N2O2. The van der Waals surface area contributed by atoms with Crippen LogP contribution >= 0.6 is 0 Å². The summed E-state index contributed by atoms with van der Waals surface area (Å²) in [7, 11) is 0. The molecule has 2 rings (SSSR count). The molecule has 0 saturated heterocycles. The molecule has 2 N–H and O–H groups in total. The van der Waals surface area contributed by atoms with Crippen molar-refractivity contribution < 1.29 is 9.59 Å². The molecule has 0 aliphatic rings. The summed E-state index contributed by atoms with van der Waals surface area (Å²) in [5, 5.41) is 5.55. The van der Waals surface area contributed by atoms with Gasteiger partial charge in [0.25, 0.3) is 5.91 Å². The fraction of sp³-hybridized carbons (Fsp3) is 0.222. The van der Waals surface area contributed by atoms with Crippen LogP contribution < -0.4 is 10.6 Å². The largest absolute Gasteiger partial charge is 0.348 e. The van der Waals surface area contributed by atoms with Crippen LogP contribution in [0.25, 0.3) is 0 Å². The maximum absolute atomic E-state index is 12.2. The Morgan fingerprint density at radius 2 is 1.68 bits per heavy atom. The van der Waals surface area contributed by atoms with Gasteiger partial charge in [0.05, 0.1) is 0 Å². The molecule has 22 heavy (non-hydrogen) atoms. The minimum Gasteiger partial charge on any atom is -0.348 e. The first-order chi connectivity index (χ1) is 10.6. The van der Waals surface area contributed by atoms with E-state index in [-0.39, 0.29) is 11.8 Å². The standard InChI is InChI=1S/C18H20N2O2/c1-3-14-7-9-15(10-8-14)12-19-18(22)16-5-4-6-17(11-16)20-13(2)21/h4-11H,3,12H2,1-2H3,(H,19,22)(H,20,21). The van der Waals surface area contributed by atoms with Crippen LogP contribution in [-0.2, 0) is 17.8 Å². The number of nitrogens with one attached hydrogen (secondary N) is 2. The molecule has 0 spiro atoms. The molecule has 2 aromatic rings. The molecule has 0 aromatic heterocycles. The topological polar surface area (TPSA) is 58.2 Å². The van der Waals surface area contributed by atoms with E-state index in [1.54, 1.807) is 24.3 Å². The van der Waals surface area contributed by atoms with Crippen LogP contribution in [0.15, 0.2) is 48.5 Å². The SMILES string of the molecule is CCc1ccc(CNC(=O)c2cccc(NC(C)=O)c2)cc1. The Balaban J connectivity index is 1.97. The van der Waals surface area contributed by atoms with E-state index in [4.69, 9.17) is 0 Å². The van der Waals surface area contributed by atoms with Gasteiger partial charge in [-0.25, -0.2) is 0 Å². The highest BCUT2D eigenvalue weighted by Crippen LogP contribution is 2.11. The molecule has 2 aromatic carbocycles. The third-order valence-electron chi connectivity index (χ3n) is 3.33. The number of anilines is 1. The van der Waals surface area contributed by atoms with Crippen molar-refractivity contribution in [1.82, 2.24) is 5.32 Å². The van der Waals surface area contributed by atoms with Crippen LogP contribution in [0.4, 0.5) is 5.69 Å². The first-order valence-electron chi connectivity index (χ1n) is 7.32. The summed E-state index contributed by atoms with van der Waals surface area (Å²) in [4.78, 5) is 23.2. The van der Waals surface area contributed by atoms with Crippen molar-refractivity contribution in [2.45, 2.75) is 26.8 Å². The third kappa shape index (κ3) is 4.45. The summed E-state index contributed by atoms with van der Waals surface area (Å²) in [6.07, 6.45) is 1.00. The number of carbonyl (C=O) groups is 2. The van der Waals surface area contributed by atoms with Crippen molar-refractivity contribution in [3.8, 4) is 0 Å². The molecule has 0 aliphatic heterocycles. The highest BCUT2D eigenvalue weighted by molar-refractivity contribution is 5.96. The van der Waals surface area contributed by atoms with Crippen LogP contribution in [0.2, 0.25) is 0 Å². The molecule has 4 nitrogen and oxygen atoms in total. The molecule has 0 radical (unpaired) electrons. The van der Waals surface area contributed by atoms with Gasteiger partial charge >= 0.3 is 0 Å². The van der Waals surface area contributed by atoms with Gasteiger partial charge in [0.15, 0.2) is 0 Å². The number of benzene rings is 2. The Morgan fingerprint density at radius 3 is 2.32 bits per heavy atom. The van der Waals surface area contributed by atoms with Gasteiger partial charge in [-0.15, -0.1) is 0 Å². The first-order valence-corrected chi connectivity index (χ1v) is 7.32. The zero-order chi connectivity index (χ0) is 15.9. The fourth-order valence-electron chi connectivity index (χ4n) is 2.12. The van der Waals surface area contributed by atoms with Crippen molar-refractivity contribution in [2.24, 2.45) is 0 Å². The summed E-state index contributed by atoms with van der Waals surface area (Å²) in [6.45, 7) is 4.03. The Morgan fingerprint density at radius 1 is 1.00 bits per heavy atom. The van der Waals surface area contributed by atoms with E-state index in [1.807, 2.05) is 12.1 Å². The Hall–Kier alpha value is -2.62. The number of aryl methyl sites for hydroxylation is 1. The van der Waals surface area contributed by atoms with Crippen molar-refractivity contribution in [1.29, 1.82) is 0 Å². The predicted octanol–water partition coefficient (Wildman–Crippen LogP) is 3.14. The quantitative estimate of drug-likeness (QED) is 0.890. The smallest absolute Gasteiger partial charge is 0.251 e. The van der Waals surface area contributed by atoms with E-state index >= 15 is 0 Å². The predicted molar refractivity (Wildman–Crippen MR) is 87.7 cm³/mol. The van der Waals surface area contributed by atoms with E-state index in [0.29, 0.717) is 17.8 Å². The average molecular weight is 296 g/mol. The maximum atomic E-state index is 12.2. The highest BCUT2D eigenvalue weighted by atomic mass is 16.2. The van der Waals surface area contributed by atoms with E-state index < -0.39 is 0 Å². The van der Waals surface area contributed by atoms with E-state index in [9.17, 15) is 9.59 Å². The second-order valence-electron chi connectivity index (χ2n) is 5.11. The van der Waals surface area contributed by atoms with Gasteiger partial charge in [-0.05, 0) is 35.7 Å². The average Bonchev–Trinajstić information content (AvgIpc) is 2.52. The van der Waals surface area contributed by atoms with Gasteiger partial charge in [-0.3, -0.25) is 9.59 Å². The van der Waals surface area contributed by atoms with Gasteiger partial charge < -0.3 is 10.6 Å². The molecular weight excluding hydrogens is 276 g/mol. The Labute approximate surface area is 130 Å². The lowest BCUT2D eigenvalue weighted by Crippen LogP contribution is -2.23. The highest BCUT2D eigenvalue weighted by Gasteiger charge is 2.06. The minimum absolute atomic E-state index is 0.159. The second kappa shape index (κ2) is 7.41. The van der Waals surface area contributed by atoms with E-state index in [1.165, 1.54) is 12.5 Å². The van der Waals surface area contributed by atoms with Crippen LogP contribution in [0.5, 0.6) is 0 Å². The van der Waals surface area contributed by atoms with Crippen LogP contribution in [-0.4, -0.2) is 11.8 Å². The van der Waals surface area contributed by atoms with Crippen LogP contribution in [0, 0.1) is 0 Å². The lowest BCUT2D eigenvalue weighted by atomic mass is 10.1. The number of hydrogen-bond donors (Lipinski definition) is 2. The normalized spacial score (nSPS) is 10.1. The summed E-state index contributed by atoms with van der Waals surface area (Å²) >= 11 is 0. The molecule has 114 valence electrons. The molecule has 2 amide bonds. The van der Waals surface area contributed by atoms with Crippen molar-refractivity contribution in [3.05, 3.63) is 65.2 Å². The number of hydrogen-bond acceptors (Lipinski definition) is 2. The molecule has 0 fully saturated rings.